The van der Waals surface area contributed by atoms with Crippen LogP contribution in [0.2, 0.25) is 0 Å². The molecule has 0 saturated carbocycles. The van der Waals surface area contributed by atoms with Crippen LogP contribution in [0.4, 0.5) is 14.5 Å². The molecule has 0 spiro atoms. The minimum Gasteiger partial charge on any atom is -0.484 e. The van der Waals surface area contributed by atoms with Crippen LogP contribution in [-0.2, 0) is 16.6 Å². The van der Waals surface area contributed by atoms with Gasteiger partial charge in [0.1, 0.15) is 30.0 Å². The number of nitrogens with zero attached hydrogens (tertiary/aromatic N) is 1. The second kappa shape index (κ2) is 10.1. The molecule has 0 saturated heterocycles. The molecule has 1 aliphatic rings. The van der Waals surface area contributed by atoms with Gasteiger partial charge in [0.25, 0.3) is 10.0 Å². The van der Waals surface area contributed by atoms with Gasteiger partial charge < -0.3 is 19.2 Å². The van der Waals surface area contributed by atoms with Gasteiger partial charge in [0.15, 0.2) is 11.6 Å². The summed E-state index contributed by atoms with van der Waals surface area (Å²) < 4.78 is 67.7. The summed E-state index contributed by atoms with van der Waals surface area (Å²) >= 11 is 0. The molecule has 1 aromatic heterocycles. The highest BCUT2D eigenvalue weighted by atomic mass is 32.2. The molecular weight excluding hydrogens is 494 g/mol. The number of carboxylic acid groups (broad SMARTS) is 1. The zero-order chi connectivity index (χ0) is 26.0. The van der Waals surface area contributed by atoms with Gasteiger partial charge in [-0.1, -0.05) is 26.0 Å². The molecule has 4 rings (SSSR count). The normalized spacial score (nSPS) is 12.9. The number of fused-ring (bicyclic) bond motifs is 3. The number of likely N-dealkylation sites (N-methyl/N-ethyl adjacent to an activating group) is 1. The maximum Gasteiger partial charge on any atom is 0.341 e. The van der Waals surface area contributed by atoms with Gasteiger partial charge in [-0.3, -0.25) is 4.72 Å². The van der Waals surface area contributed by atoms with Crippen LogP contribution in [-0.4, -0.2) is 44.0 Å². The van der Waals surface area contributed by atoms with Crippen molar-refractivity contribution in [3.63, 3.8) is 0 Å². The van der Waals surface area contributed by atoms with E-state index >= 15 is 0 Å². The van der Waals surface area contributed by atoms with E-state index in [1.807, 2.05) is 13.8 Å². The monoisotopic (exact) mass is 518 g/mol. The van der Waals surface area contributed by atoms with Crippen molar-refractivity contribution < 1.29 is 36.3 Å². The number of nitrogens with one attached hydrogen (secondary N) is 1. The average molecular weight is 519 g/mol. The van der Waals surface area contributed by atoms with Crippen LogP contribution in [0.25, 0.3) is 17.2 Å². The summed E-state index contributed by atoms with van der Waals surface area (Å²) in [6.07, 6.45) is 4.13. The van der Waals surface area contributed by atoms with Crippen LogP contribution in [0, 0.1) is 11.6 Å². The highest BCUT2D eigenvalue weighted by Crippen LogP contribution is 2.44. The molecule has 0 radical (unpaired) electrons. The van der Waals surface area contributed by atoms with Crippen molar-refractivity contribution in [2.45, 2.75) is 25.3 Å². The van der Waals surface area contributed by atoms with Crippen LogP contribution in [0.1, 0.15) is 35.5 Å². The summed E-state index contributed by atoms with van der Waals surface area (Å²) in [7, 11) is -4.36. The molecule has 2 aromatic carbocycles. The van der Waals surface area contributed by atoms with E-state index in [9.17, 15) is 27.1 Å². The summed E-state index contributed by atoms with van der Waals surface area (Å²) in [6.45, 7) is 5.88. The van der Waals surface area contributed by atoms with Gasteiger partial charge >= 0.3 is 5.97 Å². The average Bonchev–Trinajstić information content (AvgIpc) is 3.22. The molecular formula is C25H24F2N2O6S. The standard InChI is InChI=1S/C25H24F2N2O6S/c1-3-29(4-2)11-5-6-15-12-16(26)7-10-21(15)36(32,33)28-19-9-8-17-22-18(27)13-34-20(22)14-35-24(17)23(19)25(30)31/h5-10,12-13,28H,3-4,11,14H2,1-2H3,(H,30,31). The van der Waals surface area contributed by atoms with Crippen molar-refractivity contribution in [2.75, 3.05) is 24.4 Å². The van der Waals surface area contributed by atoms with Crippen LogP contribution in [0.3, 0.4) is 0 Å². The molecule has 0 fully saturated rings. The van der Waals surface area contributed by atoms with Crippen molar-refractivity contribution in [1.82, 2.24) is 4.90 Å². The Hall–Kier alpha value is -3.70. The first-order valence-electron chi connectivity index (χ1n) is 11.2. The molecule has 0 aliphatic carbocycles. The zero-order valence-electron chi connectivity index (χ0n) is 19.5. The van der Waals surface area contributed by atoms with Crippen molar-refractivity contribution in [3.05, 3.63) is 71.2 Å². The number of sulfonamides is 1. The van der Waals surface area contributed by atoms with E-state index in [4.69, 9.17) is 9.15 Å². The molecule has 0 unspecified atom stereocenters. The fourth-order valence-electron chi connectivity index (χ4n) is 4.03. The first kappa shape index (κ1) is 25.4. The highest BCUT2D eigenvalue weighted by Gasteiger charge is 2.31. The number of carboxylic acids is 1. The number of carbonyl (C=O) groups is 1. The molecule has 2 heterocycles. The third-order valence-corrected chi connectivity index (χ3v) is 7.31. The summed E-state index contributed by atoms with van der Waals surface area (Å²) in [4.78, 5) is 14.0. The van der Waals surface area contributed by atoms with E-state index in [1.165, 1.54) is 18.2 Å². The number of anilines is 1. The van der Waals surface area contributed by atoms with Gasteiger partial charge in [0, 0.05) is 12.1 Å². The first-order chi connectivity index (χ1) is 17.2. The Bertz CT molecular complexity index is 1440. The maximum absolute atomic E-state index is 14.3. The first-order valence-corrected chi connectivity index (χ1v) is 12.6. The highest BCUT2D eigenvalue weighted by molar-refractivity contribution is 7.92. The number of hydrogen-bond donors (Lipinski definition) is 2. The number of aromatic carboxylic acids is 1. The topological polar surface area (TPSA) is 109 Å². The Balaban J connectivity index is 1.73. The van der Waals surface area contributed by atoms with E-state index in [1.54, 1.807) is 6.08 Å². The number of hydrogen-bond acceptors (Lipinski definition) is 6. The summed E-state index contributed by atoms with van der Waals surface area (Å²) in [5.41, 5.74) is -0.470. The molecule has 11 heteroatoms. The Labute approximate surface area is 206 Å². The van der Waals surface area contributed by atoms with Gasteiger partial charge in [-0.05, 0) is 49.0 Å². The van der Waals surface area contributed by atoms with Gasteiger partial charge in [0.05, 0.1) is 16.1 Å². The third kappa shape index (κ3) is 4.84. The lowest BCUT2D eigenvalue weighted by Gasteiger charge is -2.21. The fraction of sp³-hybridized carbons (Fsp3) is 0.240. The Kier molecular flexibility index (Phi) is 7.14. The van der Waals surface area contributed by atoms with Crippen LogP contribution in [0.5, 0.6) is 5.75 Å². The van der Waals surface area contributed by atoms with E-state index in [0.29, 0.717) is 6.54 Å². The number of furan rings is 1. The van der Waals surface area contributed by atoms with Crippen molar-refractivity contribution >= 4 is 27.8 Å². The van der Waals surface area contributed by atoms with Crippen LogP contribution in [0.15, 0.2) is 52.0 Å². The lowest BCUT2D eigenvalue weighted by Crippen LogP contribution is -2.22. The summed E-state index contributed by atoms with van der Waals surface area (Å²) in [5.74, 6) is -2.78. The molecule has 3 aromatic rings. The van der Waals surface area contributed by atoms with Gasteiger partial charge in [-0.2, -0.15) is 0 Å². The van der Waals surface area contributed by atoms with Crippen molar-refractivity contribution in [2.24, 2.45) is 0 Å². The minimum absolute atomic E-state index is 0.0623. The van der Waals surface area contributed by atoms with E-state index in [0.717, 1.165) is 37.6 Å². The number of ether oxygens (including phenoxy) is 1. The zero-order valence-corrected chi connectivity index (χ0v) is 20.4. The van der Waals surface area contributed by atoms with Gasteiger partial charge in [-0.15, -0.1) is 0 Å². The Morgan fingerprint density at radius 3 is 2.64 bits per heavy atom. The maximum atomic E-state index is 14.3. The largest absolute Gasteiger partial charge is 0.484 e. The SMILES string of the molecule is CCN(CC)CC=Cc1cc(F)ccc1S(=O)(=O)Nc1ccc2c(c1C(=O)O)OCc1occ(F)c1-2. The fourth-order valence-corrected chi connectivity index (χ4v) is 5.28. The molecule has 0 atom stereocenters. The van der Waals surface area contributed by atoms with Gasteiger partial charge in [0.2, 0.25) is 0 Å². The Morgan fingerprint density at radius 1 is 1.19 bits per heavy atom. The predicted octanol–water partition coefficient (Wildman–Crippen LogP) is 4.97. The molecule has 1 aliphatic heterocycles. The summed E-state index contributed by atoms with van der Waals surface area (Å²) in [5, 5.41) is 9.87. The molecule has 8 nitrogen and oxygen atoms in total. The second-order valence-electron chi connectivity index (χ2n) is 8.02. The number of halogens is 2. The van der Waals surface area contributed by atoms with Crippen LogP contribution >= 0.6 is 0 Å². The van der Waals surface area contributed by atoms with Gasteiger partial charge in [-0.25, -0.2) is 22.0 Å². The predicted molar refractivity (Wildman–Crippen MR) is 129 cm³/mol. The Morgan fingerprint density at radius 2 is 1.94 bits per heavy atom. The molecule has 0 amide bonds. The lowest BCUT2D eigenvalue weighted by atomic mass is 9.98. The lowest BCUT2D eigenvalue weighted by molar-refractivity contribution is 0.0692. The number of benzene rings is 2. The second-order valence-corrected chi connectivity index (χ2v) is 9.67. The summed E-state index contributed by atoms with van der Waals surface area (Å²) in [6, 6.07) is 5.77. The molecule has 190 valence electrons. The van der Waals surface area contributed by atoms with E-state index in [2.05, 4.69) is 9.62 Å². The molecule has 2 N–H and O–H groups in total. The smallest absolute Gasteiger partial charge is 0.341 e. The van der Waals surface area contributed by atoms with E-state index < -0.39 is 33.2 Å². The van der Waals surface area contributed by atoms with Crippen molar-refractivity contribution in [3.8, 4) is 16.9 Å². The van der Waals surface area contributed by atoms with Crippen molar-refractivity contribution in [1.29, 1.82) is 0 Å². The quantitative estimate of drug-likeness (QED) is 0.412. The third-order valence-electron chi connectivity index (χ3n) is 5.87. The minimum atomic E-state index is -4.36. The van der Waals surface area contributed by atoms with Crippen LogP contribution < -0.4 is 9.46 Å². The number of rotatable bonds is 9. The molecule has 0 bridgehead atoms. The molecule has 36 heavy (non-hydrogen) atoms. The van der Waals surface area contributed by atoms with E-state index in [-0.39, 0.29) is 45.4 Å².